The number of benzene rings is 1. The fourth-order valence-corrected chi connectivity index (χ4v) is 6.19. The van der Waals surface area contributed by atoms with Crippen molar-refractivity contribution < 1.29 is 29.0 Å². The van der Waals surface area contributed by atoms with E-state index in [1.165, 1.54) is 6.42 Å². The molecule has 2 N–H and O–H groups in total. The summed E-state index contributed by atoms with van der Waals surface area (Å²) in [5.41, 5.74) is 1.21. The summed E-state index contributed by atoms with van der Waals surface area (Å²) in [7, 11) is 1.86. The first-order valence-electron chi connectivity index (χ1n) is 16.5. The lowest BCUT2D eigenvalue weighted by atomic mass is 9.88. The number of amides is 3. The molecule has 0 bridgehead atoms. The molecule has 1 aromatic carbocycles. The van der Waals surface area contributed by atoms with E-state index < -0.39 is 6.04 Å². The second kappa shape index (κ2) is 16.7. The van der Waals surface area contributed by atoms with Crippen molar-refractivity contribution in [3.63, 3.8) is 0 Å². The van der Waals surface area contributed by atoms with E-state index in [1.807, 2.05) is 25.8 Å². The molecule has 3 amide bonds. The van der Waals surface area contributed by atoms with E-state index in [1.54, 1.807) is 54.5 Å². The van der Waals surface area contributed by atoms with Crippen molar-refractivity contribution in [3.8, 4) is 5.75 Å². The number of ether oxygens (including phenoxy) is 2. The number of carbonyl (C=O) groups is 3. The SMILES string of the molecule is C[C@@H]1CCCCO[C@@H](CN(C)C(=O)C2CCCCC2)[C@@H](C)CN([C@H](C)CO)C(=O)c2cc(NC(=O)c3ccncc3)ccc2O1. The highest BCUT2D eigenvalue weighted by molar-refractivity contribution is 6.05. The highest BCUT2D eigenvalue weighted by Crippen LogP contribution is 2.29. The summed E-state index contributed by atoms with van der Waals surface area (Å²) in [4.78, 5) is 47.9. The zero-order valence-electron chi connectivity index (χ0n) is 27.2. The fraction of sp³-hybridized carbons (Fsp3) is 0.600. The zero-order valence-corrected chi connectivity index (χ0v) is 27.2. The highest BCUT2D eigenvalue weighted by atomic mass is 16.5. The van der Waals surface area contributed by atoms with Crippen LogP contribution in [0.4, 0.5) is 5.69 Å². The number of fused-ring (bicyclic) bond motifs is 1. The van der Waals surface area contributed by atoms with Gasteiger partial charge in [-0.1, -0.05) is 26.2 Å². The van der Waals surface area contributed by atoms with Crippen molar-refractivity contribution in [1.82, 2.24) is 14.8 Å². The molecule has 10 heteroatoms. The first-order chi connectivity index (χ1) is 21.7. The number of hydrogen-bond acceptors (Lipinski definition) is 7. The lowest BCUT2D eigenvalue weighted by Gasteiger charge is -2.36. The van der Waals surface area contributed by atoms with E-state index in [-0.39, 0.29) is 48.4 Å². The van der Waals surface area contributed by atoms with Crippen LogP contribution in [0.1, 0.15) is 92.9 Å². The molecule has 1 aliphatic heterocycles. The van der Waals surface area contributed by atoms with E-state index in [0.29, 0.717) is 42.3 Å². The van der Waals surface area contributed by atoms with Crippen molar-refractivity contribution in [3.05, 3.63) is 53.9 Å². The Hall–Kier alpha value is -3.50. The zero-order chi connectivity index (χ0) is 32.3. The van der Waals surface area contributed by atoms with Gasteiger partial charge in [0, 0.05) is 62.2 Å². The summed E-state index contributed by atoms with van der Waals surface area (Å²) >= 11 is 0. The van der Waals surface area contributed by atoms with E-state index in [0.717, 1.165) is 44.9 Å². The van der Waals surface area contributed by atoms with E-state index in [2.05, 4.69) is 10.3 Å². The smallest absolute Gasteiger partial charge is 0.258 e. The van der Waals surface area contributed by atoms with Crippen molar-refractivity contribution in [2.75, 3.05) is 38.7 Å². The third-order valence-corrected chi connectivity index (χ3v) is 9.04. The lowest BCUT2D eigenvalue weighted by molar-refractivity contribution is -0.137. The van der Waals surface area contributed by atoms with Crippen LogP contribution < -0.4 is 10.1 Å². The fourth-order valence-electron chi connectivity index (χ4n) is 6.19. The molecule has 45 heavy (non-hydrogen) atoms. The van der Waals surface area contributed by atoms with Crippen LogP contribution in [-0.4, -0.2) is 89.2 Å². The van der Waals surface area contributed by atoms with Gasteiger partial charge in [-0.3, -0.25) is 19.4 Å². The minimum Gasteiger partial charge on any atom is -0.490 e. The number of aromatic nitrogens is 1. The van der Waals surface area contributed by atoms with Gasteiger partial charge in [0.2, 0.25) is 5.91 Å². The molecule has 4 atom stereocenters. The summed E-state index contributed by atoms with van der Waals surface area (Å²) in [6, 6.07) is 7.84. The maximum absolute atomic E-state index is 14.3. The summed E-state index contributed by atoms with van der Waals surface area (Å²) in [5.74, 6) is -0.0987. The molecule has 0 radical (unpaired) electrons. The van der Waals surface area contributed by atoms with Crippen LogP contribution in [0.25, 0.3) is 0 Å². The predicted octanol–water partition coefficient (Wildman–Crippen LogP) is 5.17. The molecule has 0 unspecified atom stereocenters. The van der Waals surface area contributed by atoms with Gasteiger partial charge in [0.25, 0.3) is 11.8 Å². The van der Waals surface area contributed by atoms with Crippen LogP contribution in [0.3, 0.4) is 0 Å². The van der Waals surface area contributed by atoms with Gasteiger partial charge < -0.3 is 29.7 Å². The van der Waals surface area contributed by atoms with Gasteiger partial charge in [0.05, 0.1) is 30.4 Å². The number of rotatable bonds is 7. The van der Waals surface area contributed by atoms with Gasteiger partial charge in [-0.15, -0.1) is 0 Å². The van der Waals surface area contributed by atoms with Gasteiger partial charge in [0.15, 0.2) is 0 Å². The average Bonchev–Trinajstić information content (AvgIpc) is 3.06. The van der Waals surface area contributed by atoms with Crippen LogP contribution in [-0.2, 0) is 9.53 Å². The van der Waals surface area contributed by atoms with Gasteiger partial charge in [-0.05, 0) is 76.3 Å². The van der Waals surface area contributed by atoms with E-state index in [4.69, 9.17) is 9.47 Å². The Balaban J connectivity index is 1.61. The minimum atomic E-state index is -0.490. The van der Waals surface area contributed by atoms with Crippen molar-refractivity contribution >= 4 is 23.4 Å². The Bertz CT molecular complexity index is 1270. The van der Waals surface area contributed by atoms with E-state index in [9.17, 15) is 19.5 Å². The van der Waals surface area contributed by atoms with Gasteiger partial charge >= 0.3 is 0 Å². The molecule has 0 saturated heterocycles. The Kier molecular flexibility index (Phi) is 12.8. The molecule has 10 nitrogen and oxygen atoms in total. The van der Waals surface area contributed by atoms with Crippen molar-refractivity contribution in [1.29, 1.82) is 0 Å². The van der Waals surface area contributed by atoms with Crippen molar-refractivity contribution in [2.24, 2.45) is 11.8 Å². The summed E-state index contributed by atoms with van der Waals surface area (Å²) < 4.78 is 12.7. The number of aliphatic hydroxyl groups is 1. The standard InChI is InChI=1S/C35H50N4O6/c1-24-21-39(25(2)23-40)35(43)30-20-29(37-33(41)27-15-17-36-18-16-27)13-14-31(30)45-26(3)10-8-9-19-44-32(24)22-38(4)34(42)28-11-6-5-7-12-28/h13-18,20,24-26,28,32,40H,5-12,19,21-23H2,1-4H3,(H,37,41)/t24-,25+,26+,32-/m0/s1. The number of nitrogens with one attached hydrogen (secondary N) is 1. The molecular formula is C35H50N4O6. The predicted molar refractivity (Wildman–Crippen MR) is 173 cm³/mol. The van der Waals surface area contributed by atoms with E-state index >= 15 is 0 Å². The van der Waals surface area contributed by atoms with Gasteiger partial charge in [0.1, 0.15) is 5.75 Å². The van der Waals surface area contributed by atoms with Gasteiger partial charge in [-0.25, -0.2) is 0 Å². The molecule has 2 aliphatic rings. The third-order valence-electron chi connectivity index (χ3n) is 9.04. The molecule has 2 aromatic rings. The number of nitrogens with zero attached hydrogens (tertiary/aromatic N) is 3. The Morgan fingerprint density at radius 3 is 2.49 bits per heavy atom. The monoisotopic (exact) mass is 622 g/mol. The molecule has 2 heterocycles. The maximum atomic E-state index is 14.3. The van der Waals surface area contributed by atoms with Crippen LogP contribution in [0.2, 0.25) is 0 Å². The summed E-state index contributed by atoms with van der Waals surface area (Å²) in [6.07, 6.45) is 10.4. The molecule has 1 saturated carbocycles. The molecule has 1 fully saturated rings. The van der Waals surface area contributed by atoms with Crippen LogP contribution in [0, 0.1) is 11.8 Å². The Morgan fingerprint density at radius 1 is 1.07 bits per heavy atom. The number of pyridine rings is 1. The number of hydrogen-bond donors (Lipinski definition) is 2. The molecule has 0 spiro atoms. The van der Waals surface area contributed by atoms with Crippen LogP contribution in [0.15, 0.2) is 42.7 Å². The number of carbonyl (C=O) groups excluding carboxylic acids is 3. The third kappa shape index (κ3) is 9.50. The molecular weight excluding hydrogens is 572 g/mol. The number of aliphatic hydroxyl groups excluding tert-OH is 1. The molecule has 4 rings (SSSR count). The first kappa shape index (κ1) is 34.4. The molecule has 246 valence electrons. The molecule has 1 aliphatic carbocycles. The van der Waals surface area contributed by atoms with Crippen LogP contribution in [0.5, 0.6) is 5.75 Å². The summed E-state index contributed by atoms with van der Waals surface area (Å²) in [6.45, 7) is 6.88. The first-order valence-corrected chi connectivity index (χ1v) is 16.5. The maximum Gasteiger partial charge on any atom is 0.258 e. The Morgan fingerprint density at radius 2 is 1.78 bits per heavy atom. The average molecular weight is 623 g/mol. The topological polar surface area (TPSA) is 121 Å². The van der Waals surface area contributed by atoms with Crippen LogP contribution >= 0.6 is 0 Å². The minimum absolute atomic E-state index is 0.0660. The lowest BCUT2D eigenvalue weighted by Crippen LogP contribution is -2.48. The normalized spacial score (nSPS) is 22.8. The number of anilines is 1. The Labute approximate surface area is 267 Å². The highest BCUT2D eigenvalue weighted by Gasteiger charge is 2.32. The number of likely N-dealkylation sites (N-methyl/N-ethyl adjacent to an activating group) is 1. The second-order valence-corrected chi connectivity index (χ2v) is 12.8. The molecule has 1 aromatic heterocycles. The largest absolute Gasteiger partial charge is 0.490 e. The summed E-state index contributed by atoms with van der Waals surface area (Å²) in [5, 5.41) is 13.1. The van der Waals surface area contributed by atoms with Gasteiger partial charge in [-0.2, -0.15) is 0 Å². The quantitative estimate of drug-likeness (QED) is 0.437. The second-order valence-electron chi connectivity index (χ2n) is 12.8. The van der Waals surface area contributed by atoms with Crippen molar-refractivity contribution in [2.45, 2.75) is 90.4 Å².